The summed E-state index contributed by atoms with van der Waals surface area (Å²) in [6, 6.07) is 8.03. The molecule has 11 heteroatoms. The zero-order valence-electron chi connectivity index (χ0n) is 15.6. The normalized spacial score (nSPS) is 14.2. The van der Waals surface area contributed by atoms with E-state index in [0.717, 1.165) is 29.3 Å². The van der Waals surface area contributed by atoms with Gasteiger partial charge in [0.05, 0.1) is 15.6 Å². The minimum atomic E-state index is -5.21. The number of anilines is 2. The largest absolute Gasteiger partial charge is 0.426 e. The van der Waals surface area contributed by atoms with Crippen molar-refractivity contribution in [1.82, 2.24) is 0 Å². The van der Waals surface area contributed by atoms with Crippen molar-refractivity contribution in [3.05, 3.63) is 52.5 Å². The molecular formula is C18H18ClF3N2O4S. The van der Waals surface area contributed by atoms with Crippen LogP contribution in [0.15, 0.2) is 41.3 Å². The van der Waals surface area contributed by atoms with Crippen LogP contribution in [-0.2, 0) is 14.8 Å². The number of carbonyl (C=O) groups is 1. The predicted octanol–water partition coefficient (Wildman–Crippen LogP) is 4.01. The van der Waals surface area contributed by atoms with Gasteiger partial charge in [-0.05, 0) is 62.2 Å². The number of hydrogen-bond acceptors (Lipinski definition) is 4. The molecule has 0 aliphatic carbocycles. The molecule has 0 aromatic heterocycles. The van der Waals surface area contributed by atoms with Crippen molar-refractivity contribution >= 4 is 38.9 Å². The fourth-order valence-corrected chi connectivity index (χ4v) is 3.52. The van der Waals surface area contributed by atoms with Crippen LogP contribution in [0.3, 0.4) is 0 Å². The molecule has 0 saturated carbocycles. The van der Waals surface area contributed by atoms with Crippen molar-refractivity contribution in [2.75, 3.05) is 10.0 Å². The van der Waals surface area contributed by atoms with Crippen LogP contribution in [0.5, 0.6) is 0 Å². The molecular weight excluding hydrogens is 433 g/mol. The summed E-state index contributed by atoms with van der Waals surface area (Å²) < 4.78 is 65.6. The summed E-state index contributed by atoms with van der Waals surface area (Å²) >= 11 is 5.92. The molecule has 1 unspecified atom stereocenters. The first-order valence-electron chi connectivity index (χ1n) is 8.15. The van der Waals surface area contributed by atoms with Crippen LogP contribution in [0.2, 0.25) is 5.02 Å². The molecule has 6 nitrogen and oxygen atoms in total. The Labute approximate surface area is 170 Å². The minimum absolute atomic E-state index is 0.263. The molecule has 2 aromatic rings. The minimum Gasteiger partial charge on any atom is -0.373 e. The third kappa shape index (κ3) is 5.01. The highest BCUT2D eigenvalue weighted by Crippen LogP contribution is 2.33. The Morgan fingerprint density at radius 3 is 2.21 bits per heavy atom. The van der Waals surface area contributed by atoms with Crippen LogP contribution in [-0.4, -0.2) is 31.2 Å². The van der Waals surface area contributed by atoms with Gasteiger partial charge in [-0.2, -0.15) is 13.2 Å². The van der Waals surface area contributed by atoms with E-state index in [1.165, 1.54) is 0 Å². The first-order valence-corrected chi connectivity index (χ1v) is 10.0. The summed E-state index contributed by atoms with van der Waals surface area (Å²) in [5.74, 6) is -1.75. The van der Waals surface area contributed by atoms with E-state index < -0.39 is 27.7 Å². The number of rotatable bonds is 5. The molecule has 0 radical (unpaired) electrons. The van der Waals surface area contributed by atoms with Crippen molar-refractivity contribution in [1.29, 1.82) is 0 Å². The van der Waals surface area contributed by atoms with Crippen molar-refractivity contribution in [3.63, 3.8) is 0 Å². The van der Waals surface area contributed by atoms with Gasteiger partial charge in [-0.3, -0.25) is 9.52 Å². The molecule has 158 valence electrons. The highest BCUT2D eigenvalue weighted by Gasteiger charge is 2.55. The van der Waals surface area contributed by atoms with Crippen LogP contribution in [0.4, 0.5) is 24.5 Å². The lowest BCUT2D eigenvalue weighted by atomic mass is 10.1. The van der Waals surface area contributed by atoms with Crippen molar-refractivity contribution in [2.24, 2.45) is 0 Å². The first kappa shape index (κ1) is 23.0. The van der Waals surface area contributed by atoms with Crippen LogP contribution in [0, 0.1) is 13.8 Å². The Morgan fingerprint density at radius 2 is 1.69 bits per heavy atom. The summed E-state index contributed by atoms with van der Waals surface area (Å²) in [6.45, 7) is 3.98. The molecule has 1 amide bonds. The van der Waals surface area contributed by atoms with Crippen LogP contribution < -0.4 is 10.0 Å². The fraction of sp³-hybridized carbons (Fsp3) is 0.278. The number of amides is 1. The number of halogens is 4. The number of sulfonamides is 1. The third-order valence-electron chi connectivity index (χ3n) is 4.25. The van der Waals surface area contributed by atoms with Crippen molar-refractivity contribution in [3.8, 4) is 0 Å². The van der Waals surface area contributed by atoms with Crippen LogP contribution in [0.1, 0.15) is 18.1 Å². The number of hydrogen-bond donors (Lipinski definition) is 3. The van der Waals surface area contributed by atoms with Crippen molar-refractivity contribution < 1.29 is 31.5 Å². The monoisotopic (exact) mass is 450 g/mol. The Hall–Kier alpha value is -2.30. The highest BCUT2D eigenvalue weighted by molar-refractivity contribution is 7.92. The molecule has 2 aromatic carbocycles. The van der Waals surface area contributed by atoms with Gasteiger partial charge in [-0.1, -0.05) is 17.7 Å². The number of carbonyl (C=O) groups excluding carboxylic acids is 1. The summed E-state index contributed by atoms with van der Waals surface area (Å²) in [4.78, 5) is 11.5. The third-order valence-corrected chi connectivity index (χ3v) is 5.94. The second-order valence-electron chi connectivity index (χ2n) is 6.57. The lowest BCUT2D eigenvalue weighted by molar-refractivity contribution is -0.242. The summed E-state index contributed by atoms with van der Waals surface area (Å²) in [5, 5.41) is 10.9. The second kappa shape index (κ2) is 7.85. The quantitative estimate of drug-likeness (QED) is 0.641. The summed E-state index contributed by atoms with van der Waals surface area (Å²) in [6.07, 6.45) is -5.21. The maximum Gasteiger partial charge on any atom is 0.426 e. The fourth-order valence-electron chi connectivity index (χ4n) is 2.16. The molecule has 0 aliphatic rings. The molecule has 2 rings (SSSR count). The van der Waals surface area contributed by atoms with E-state index in [-0.39, 0.29) is 15.6 Å². The Bertz CT molecular complexity index is 1050. The lowest BCUT2D eigenvalue weighted by Gasteiger charge is -2.25. The molecule has 0 saturated heterocycles. The molecule has 29 heavy (non-hydrogen) atoms. The standard InChI is InChI=1S/C18H18ClF3N2O4S/c1-10-4-5-12(8-11(10)2)24-29(27,28)13-6-7-15(14(19)9-13)23-16(25)17(3,26)18(20,21)22/h4-9,24,26H,1-3H3,(H,23,25). The second-order valence-corrected chi connectivity index (χ2v) is 8.66. The van der Waals surface area contributed by atoms with E-state index in [4.69, 9.17) is 11.6 Å². The van der Waals surface area contributed by atoms with Crippen LogP contribution in [0.25, 0.3) is 0 Å². The van der Waals surface area contributed by atoms with E-state index in [9.17, 15) is 31.5 Å². The molecule has 0 fully saturated rings. The van der Waals surface area contributed by atoms with Gasteiger partial charge in [0.1, 0.15) is 0 Å². The zero-order valence-corrected chi connectivity index (χ0v) is 17.1. The number of benzene rings is 2. The van der Waals surface area contributed by atoms with Gasteiger partial charge in [0.15, 0.2) is 0 Å². The summed E-state index contributed by atoms with van der Waals surface area (Å²) in [7, 11) is -4.04. The SMILES string of the molecule is Cc1ccc(NS(=O)(=O)c2ccc(NC(=O)C(C)(O)C(F)(F)F)c(Cl)c2)cc1C. The average Bonchev–Trinajstić information content (AvgIpc) is 2.58. The van der Waals surface area contributed by atoms with Gasteiger partial charge < -0.3 is 10.4 Å². The Morgan fingerprint density at radius 1 is 1.07 bits per heavy atom. The maximum atomic E-state index is 12.7. The van der Waals surface area contributed by atoms with Gasteiger partial charge in [-0.25, -0.2) is 8.42 Å². The van der Waals surface area contributed by atoms with E-state index in [1.54, 1.807) is 18.2 Å². The van der Waals surface area contributed by atoms with Gasteiger partial charge in [-0.15, -0.1) is 0 Å². The topological polar surface area (TPSA) is 95.5 Å². The number of alkyl halides is 3. The van der Waals surface area contributed by atoms with Gasteiger partial charge in [0.2, 0.25) is 5.60 Å². The molecule has 3 N–H and O–H groups in total. The molecule has 0 heterocycles. The number of nitrogens with one attached hydrogen (secondary N) is 2. The van der Waals surface area contributed by atoms with Gasteiger partial charge in [0.25, 0.3) is 15.9 Å². The van der Waals surface area contributed by atoms with E-state index in [2.05, 4.69) is 4.72 Å². The average molecular weight is 451 g/mol. The smallest absolute Gasteiger partial charge is 0.373 e. The molecule has 1 atom stereocenters. The molecule has 0 spiro atoms. The molecule has 0 bridgehead atoms. The van der Waals surface area contributed by atoms with E-state index >= 15 is 0 Å². The lowest BCUT2D eigenvalue weighted by Crippen LogP contribution is -2.52. The Balaban J connectivity index is 2.26. The number of aliphatic hydroxyl groups is 1. The maximum absolute atomic E-state index is 12.7. The first-order chi connectivity index (χ1) is 13.1. The number of aryl methyl sites for hydroxylation is 2. The zero-order chi connectivity index (χ0) is 22.2. The van der Waals surface area contributed by atoms with Crippen LogP contribution >= 0.6 is 11.6 Å². The van der Waals surface area contributed by atoms with Gasteiger partial charge >= 0.3 is 6.18 Å². The molecule has 0 aliphatic heterocycles. The highest BCUT2D eigenvalue weighted by atomic mass is 35.5. The van der Waals surface area contributed by atoms with E-state index in [0.29, 0.717) is 12.6 Å². The summed E-state index contributed by atoms with van der Waals surface area (Å²) in [5.41, 5.74) is -1.76. The Kier molecular flexibility index (Phi) is 6.22. The van der Waals surface area contributed by atoms with E-state index in [1.807, 2.05) is 19.2 Å². The van der Waals surface area contributed by atoms with Crippen molar-refractivity contribution in [2.45, 2.75) is 37.4 Å². The van der Waals surface area contributed by atoms with Gasteiger partial charge in [0, 0.05) is 5.69 Å². The predicted molar refractivity (Wildman–Crippen MR) is 103 cm³/mol.